The third-order valence-corrected chi connectivity index (χ3v) is 7.16. The van der Waals surface area contributed by atoms with Gasteiger partial charge in [-0.05, 0) is 64.5 Å². The van der Waals surface area contributed by atoms with Crippen molar-refractivity contribution in [2.24, 2.45) is 11.8 Å². The summed E-state index contributed by atoms with van der Waals surface area (Å²) < 4.78 is 6.26. The minimum atomic E-state index is -0.644. The van der Waals surface area contributed by atoms with Gasteiger partial charge in [-0.1, -0.05) is 88.3 Å². The average Bonchev–Trinajstić information content (AvgIpc) is 2.57. The zero-order valence-electron chi connectivity index (χ0n) is 22.8. The molecule has 3 nitrogen and oxygen atoms in total. The van der Waals surface area contributed by atoms with Gasteiger partial charge in [0, 0.05) is 6.42 Å². The van der Waals surface area contributed by atoms with E-state index in [9.17, 15) is 9.90 Å². The lowest BCUT2D eigenvalue weighted by Crippen LogP contribution is -2.45. The molecule has 2 rings (SSSR count). The van der Waals surface area contributed by atoms with Gasteiger partial charge in [0.1, 0.15) is 5.60 Å². The van der Waals surface area contributed by atoms with Crippen LogP contribution >= 0.6 is 0 Å². The summed E-state index contributed by atoms with van der Waals surface area (Å²) in [5.41, 5.74) is 2.96. The maximum Gasteiger partial charge on any atom is 0.339 e. The minimum Gasteiger partial charge on any atom is -0.456 e. The number of hydrogen-bond donors (Lipinski definition) is 1. The molecule has 1 aliphatic rings. The third-order valence-electron chi connectivity index (χ3n) is 7.16. The number of esters is 1. The Labute approximate surface area is 197 Å². The van der Waals surface area contributed by atoms with E-state index in [2.05, 4.69) is 88.3 Å². The van der Waals surface area contributed by atoms with E-state index >= 15 is 0 Å². The van der Waals surface area contributed by atoms with Crippen LogP contribution in [-0.4, -0.2) is 22.8 Å². The lowest BCUT2D eigenvalue weighted by atomic mass is 9.72. The van der Waals surface area contributed by atoms with E-state index in [-0.39, 0.29) is 28.1 Å². The first-order valence-corrected chi connectivity index (χ1v) is 12.4. The fourth-order valence-corrected chi connectivity index (χ4v) is 4.98. The largest absolute Gasteiger partial charge is 0.456 e. The van der Waals surface area contributed by atoms with E-state index in [0.29, 0.717) is 17.9 Å². The Morgan fingerprint density at radius 2 is 1.44 bits per heavy atom. The molecule has 0 spiro atoms. The van der Waals surface area contributed by atoms with Crippen LogP contribution in [0.2, 0.25) is 0 Å². The lowest BCUT2D eigenvalue weighted by Gasteiger charge is -2.42. The molecule has 0 heterocycles. The first-order chi connectivity index (χ1) is 14.3. The van der Waals surface area contributed by atoms with E-state index in [1.165, 1.54) is 5.56 Å². The van der Waals surface area contributed by atoms with Crippen molar-refractivity contribution in [2.45, 2.75) is 130 Å². The van der Waals surface area contributed by atoms with Crippen LogP contribution in [0, 0.1) is 11.8 Å². The van der Waals surface area contributed by atoms with Gasteiger partial charge in [-0.15, -0.1) is 0 Å². The lowest BCUT2D eigenvalue weighted by molar-refractivity contribution is -0.0818. The summed E-state index contributed by atoms with van der Waals surface area (Å²) in [4.78, 5) is 13.8. The Hall–Kier alpha value is -1.35. The van der Waals surface area contributed by atoms with Gasteiger partial charge in [0.25, 0.3) is 0 Å². The number of aliphatic hydroxyl groups is 1. The minimum absolute atomic E-state index is 0.0201. The Morgan fingerprint density at radius 1 is 0.969 bits per heavy atom. The van der Waals surface area contributed by atoms with Crippen molar-refractivity contribution in [3.05, 3.63) is 34.4 Å². The molecule has 1 saturated carbocycles. The van der Waals surface area contributed by atoms with Crippen LogP contribution in [-0.2, 0) is 21.0 Å². The maximum absolute atomic E-state index is 13.8. The molecular weight excluding hydrogens is 396 g/mol. The van der Waals surface area contributed by atoms with Gasteiger partial charge in [0.2, 0.25) is 0 Å². The molecule has 1 N–H and O–H groups in total. The van der Waals surface area contributed by atoms with Crippen molar-refractivity contribution in [3.8, 4) is 0 Å². The van der Waals surface area contributed by atoms with Crippen LogP contribution in [0.25, 0.3) is 0 Å². The number of aliphatic hydroxyl groups excluding tert-OH is 1. The van der Waals surface area contributed by atoms with Gasteiger partial charge in [0.15, 0.2) is 0 Å². The second-order valence-electron chi connectivity index (χ2n) is 13.8. The highest BCUT2D eigenvalue weighted by Gasteiger charge is 2.42. The molecule has 0 radical (unpaired) electrons. The Balaban J connectivity index is 2.57. The Kier molecular flexibility index (Phi) is 7.38. The van der Waals surface area contributed by atoms with Crippen LogP contribution in [0.5, 0.6) is 0 Å². The maximum atomic E-state index is 13.8. The van der Waals surface area contributed by atoms with E-state index in [1.54, 1.807) is 0 Å². The van der Waals surface area contributed by atoms with E-state index in [1.807, 2.05) is 6.92 Å². The molecule has 182 valence electrons. The highest BCUT2D eigenvalue weighted by Crippen LogP contribution is 2.42. The molecule has 1 aromatic carbocycles. The molecule has 0 aromatic heterocycles. The number of carbonyl (C=O) groups excluding carboxylic acids is 1. The fraction of sp³-hybridized carbons (Fsp3) is 0.759. The summed E-state index contributed by atoms with van der Waals surface area (Å²) in [6.07, 6.45) is 1.73. The molecule has 0 unspecified atom stereocenters. The average molecular weight is 445 g/mol. The predicted molar refractivity (Wildman–Crippen MR) is 135 cm³/mol. The van der Waals surface area contributed by atoms with Crippen molar-refractivity contribution < 1.29 is 14.6 Å². The van der Waals surface area contributed by atoms with E-state index in [0.717, 1.165) is 24.0 Å². The standard InChI is InChI=1S/C29H48O3/c1-18(2)20-13-14-29(12,17-23(20)30)32-25(31)24-21(27(6,7)8)15-19(26(3,4)5)16-22(24)28(9,10)11/h15-16,18,20,23,30H,13-14,17H2,1-12H3/t20-,23+,29+/m0/s1. The number of ether oxygens (including phenoxy) is 1. The summed E-state index contributed by atoms with van der Waals surface area (Å²) in [6, 6.07) is 4.41. The van der Waals surface area contributed by atoms with Crippen molar-refractivity contribution in [1.29, 1.82) is 0 Å². The number of carbonyl (C=O) groups is 1. The summed E-state index contributed by atoms with van der Waals surface area (Å²) >= 11 is 0. The number of hydrogen-bond acceptors (Lipinski definition) is 3. The molecular formula is C29H48O3. The molecule has 1 aromatic rings. The molecule has 1 aliphatic carbocycles. The van der Waals surface area contributed by atoms with Crippen LogP contribution in [0.1, 0.15) is 129 Å². The second-order valence-corrected chi connectivity index (χ2v) is 13.8. The van der Waals surface area contributed by atoms with Crippen LogP contribution in [0.4, 0.5) is 0 Å². The smallest absolute Gasteiger partial charge is 0.339 e. The van der Waals surface area contributed by atoms with Gasteiger partial charge in [-0.2, -0.15) is 0 Å². The molecule has 0 amide bonds. The second kappa shape index (κ2) is 8.78. The Bertz CT molecular complexity index is 794. The fourth-order valence-electron chi connectivity index (χ4n) is 4.98. The number of benzene rings is 1. The third kappa shape index (κ3) is 5.95. The predicted octanol–water partition coefficient (Wildman–Crippen LogP) is 7.31. The zero-order valence-corrected chi connectivity index (χ0v) is 22.8. The van der Waals surface area contributed by atoms with Crippen LogP contribution in [0.3, 0.4) is 0 Å². The topological polar surface area (TPSA) is 46.5 Å². The van der Waals surface area contributed by atoms with Crippen molar-refractivity contribution in [3.63, 3.8) is 0 Å². The van der Waals surface area contributed by atoms with Gasteiger partial charge in [-0.3, -0.25) is 0 Å². The summed E-state index contributed by atoms with van der Waals surface area (Å²) in [5, 5.41) is 10.8. The Morgan fingerprint density at radius 3 is 1.78 bits per heavy atom. The van der Waals surface area contributed by atoms with Gasteiger partial charge < -0.3 is 9.84 Å². The first kappa shape index (κ1) is 26.9. The molecule has 3 atom stereocenters. The van der Waals surface area contributed by atoms with Crippen LogP contribution in [0.15, 0.2) is 12.1 Å². The van der Waals surface area contributed by atoms with Crippen LogP contribution < -0.4 is 0 Å². The van der Waals surface area contributed by atoms with E-state index < -0.39 is 11.7 Å². The molecule has 0 saturated heterocycles. The molecule has 32 heavy (non-hydrogen) atoms. The van der Waals surface area contributed by atoms with Crippen molar-refractivity contribution in [1.82, 2.24) is 0 Å². The highest BCUT2D eigenvalue weighted by molar-refractivity contribution is 5.94. The first-order valence-electron chi connectivity index (χ1n) is 12.4. The van der Waals surface area contributed by atoms with Gasteiger partial charge >= 0.3 is 5.97 Å². The molecule has 0 bridgehead atoms. The molecule has 1 fully saturated rings. The van der Waals surface area contributed by atoms with Gasteiger partial charge in [-0.25, -0.2) is 4.79 Å². The van der Waals surface area contributed by atoms with E-state index in [4.69, 9.17) is 4.74 Å². The highest BCUT2D eigenvalue weighted by atomic mass is 16.6. The van der Waals surface area contributed by atoms with Gasteiger partial charge in [0.05, 0.1) is 11.7 Å². The monoisotopic (exact) mass is 444 g/mol. The number of rotatable bonds is 3. The zero-order chi connectivity index (χ0) is 24.9. The van der Waals surface area contributed by atoms with Crippen molar-refractivity contribution >= 4 is 5.97 Å². The SMILES string of the molecule is CC(C)[C@@H]1CC[C@@](C)(OC(=O)c2c(C(C)(C)C)cc(C(C)(C)C)cc2C(C)(C)C)C[C@H]1O. The molecule has 3 heteroatoms. The summed E-state index contributed by atoms with van der Waals surface area (Å²) in [6.45, 7) is 25.9. The van der Waals surface area contributed by atoms with Crippen molar-refractivity contribution in [2.75, 3.05) is 0 Å². The summed E-state index contributed by atoms with van der Waals surface area (Å²) in [7, 11) is 0. The molecule has 0 aliphatic heterocycles. The summed E-state index contributed by atoms with van der Waals surface area (Å²) in [5.74, 6) is 0.441. The normalized spacial score (nSPS) is 25.2. The quantitative estimate of drug-likeness (QED) is 0.497.